The van der Waals surface area contributed by atoms with Crippen molar-refractivity contribution >= 4 is 5.71 Å². The summed E-state index contributed by atoms with van der Waals surface area (Å²) < 4.78 is 0. The van der Waals surface area contributed by atoms with E-state index in [4.69, 9.17) is 5.53 Å². The second-order valence-electron chi connectivity index (χ2n) is 3.24. The molecule has 0 fully saturated rings. The average molecular weight is 193 g/mol. The van der Waals surface area contributed by atoms with Crippen LogP contribution in [0.25, 0.3) is 5.53 Å². The molecule has 0 spiro atoms. The Morgan fingerprint density at radius 1 is 1.64 bits per heavy atom. The Labute approximate surface area is 83.6 Å². The maximum atomic E-state index is 9.37. The fraction of sp³-hybridized carbons (Fsp3) is 0.500. The van der Waals surface area contributed by atoms with E-state index in [1.807, 2.05) is 13.0 Å². The van der Waals surface area contributed by atoms with Crippen molar-refractivity contribution in [1.82, 2.24) is 5.32 Å². The van der Waals surface area contributed by atoms with Gasteiger partial charge in [0.2, 0.25) is 0 Å². The summed E-state index contributed by atoms with van der Waals surface area (Å²) in [6.07, 6.45) is 4.83. The molecule has 0 aromatic rings. The van der Waals surface area contributed by atoms with Crippen LogP contribution in [-0.2, 0) is 0 Å². The molecule has 0 saturated carbocycles. The van der Waals surface area contributed by atoms with Crippen LogP contribution in [0.4, 0.5) is 0 Å². The summed E-state index contributed by atoms with van der Waals surface area (Å²) in [6, 6.07) is -0.111. The Kier molecular flexibility index (Phi) is 3.77. The number of aliphatic hydroxyl groups excluding tert-OH is 1. The van der Waals surface area contributed by atoms with Crippen molar-refractivity contribution in [3.8, 4) is 0 Å². The van der Waals surface area contributed by atoms with Crippen LogP contribution < -0.4 is 5.32 Å². The lowest BCUT2D eigenvalue weighted by Crippen LogP contribution is -2.36. The van der Waals surface area contributed by atoms with Gasteiger partial charge in [-0.05, 0) is 25.1 Å². The zero-order valence-corrected chi connectivity index (χ0v) is 8.44. The van der Waals surface area contributed by atoms with E-state index < -0.39 is 6.10 Å². The van der Waals surface area contributed by atoms with E-state index in [0.717, 1.165) is 12.1 Å². The number of hydrogen-bond donors (Lipinski definition) is 2. The summed E-state index contributed by atoms with van der Waals surface area (Å²) in [7, 11) is 0. The highest BCUT2D eigenvalue weighted by Gasteiger charge is 2.22. The van der Waals surface area contributed by atoms with Crippen LogP contribution in [0.1, 0.15) is 13.8 Å². The van der Waals surface area contributed by atoms with E-state index in [0.29, 0.717) is 5.71 Å². The van der Waals surface area contributed by atoms with Gasteiger partial charge in [0, 0.05) is 6.08 Å². The van der Waals surface area contributed by atoms with Crippen molar-refractivity contribution in [2.75, 3.05) is 6.54 Å². The van der Waals surface area contributed by atoms with Gasteiger partial charge in [-0.2, -0.15) is 4.79 Å². The van der Waals surface area contributed by atoms with Gasteiger partial charge in [-0.1, -0.05) is 13.0 Å². The predicted octanol–water partition coefficient (Wildman–Crippen LogP) is 0.512. The topological polar surface area (TPSA) is 68.7 Å². The van der Waals surface area contributed by atoms with Gasteiger partial charge in [0.25, 0.3) is 0 Å². The number of rotatable bonds is 3. The molecule has 4 heteroatoms. The molecule has 0 aromatic carbocycles. The SMILES string of the molecule is CCNC1C=C(C(C)O)C=CC1=[N+]=[N-]. The lowest BCUT2D eigenvalue weighted by molar-refractivity contribution is -0.00763. The van der Waals surface area contributed by atoms with Gasteiger partial charge in [0.1, 0.15) is 6.04 Å². The van der Waals surface area contributed by atoms with Crippen molar-refractivity contribution in [2.24, 2.45) is 0 Å². The van der Waals surface area contributed by atoms with E-state index in [9.17, 15) is 5.11 Å². The van der Waals surface area contributed by atoms with E-state index >= 15 is 0 Å². The molecule has 0 aliphatic heterocycles. The molecule has 1 aliphatic rings. The Bertz CT molecular complexity index is 311. The van der Waals surface area contributed by atoms with Crippen LogP contribution in [0.3, 0.4) is 0 Å². The molecule has 2 atom stereocenters. The van der Waals surface area contributed by atoms with Crippen molar-refractivity contribution in [1.29, 1.82) is 0 Å². The molecule has 4 nitrogen and oxygen atoms in total. The van der Waals surface area contributed by atoms with Crippen molar-refractivity contribution < 1.29 is 9.90 Å². The Morgan fingerprint density at radius 2 is 2.36 bits per heavy atom. The highest BCUT2D eigenvalue weighted by atomic mass is 16.3. The first-order chi connectivity index (χ1) is 6.69. The summed E-state index contributed by atoms with van der Waals surface area (Å²) in [5.41, 5.74) is 10.1. The van der Waals surface area contributed by atoms with Gasteiger partial charge in [-0.25, -0.2) is 0 Å². The minimum absolute atomic E-state index is 0.111. The Hall–Kier alpha value is -1.22. The molecule has 2 unspecified atom stereocenters. The third-order valence-electron chi connectivity index (χ3n) is 2.15. The summed E-state index contributed by atoms with van der Waals surface area (Å²) in [4.78, 5) is 3.18. The summed E-state index contributed by atoms with van der Waals surface area (Å²) in [6.45, 7) is 4.46. The van der Waals surface area contributed by atoms with Gasteiger partial charge in [0.05, 0.1) is 6.10 Å². The molecule has 76 valence electrons. The number of hydrogen-bond acceptors (Lipinski definition) is 2. The van der Waals surface area contributed by atoms with Crippen LogP contribution in [0, 0.1) is 0 Å². The zero-order chi connectivity index (χ0) is 10.6. The lowest BCUT2D eigenvalue weighted by Gasteiger charge is -2.15. The van der Waals surface area contributed by atoms with E-state index in [1.165, 1.54) is 0 Å². The minimum atomic E-state index is -0.493. The second kappa shape index (κ2) is 4.86. The maximum absolute atomic E-state index is 9.37. The number of nitrogens with one attached hydrogen (secondary N) is 1. The summed E-state index contributed by atoms with van der Waals surface area (Å²) >= 11 is 0. The van der Waals surface area contributed by atoms with Crippen LogP contribution >= 0.6 is 0 Å². The average Bonchev–Trinajstić information content (AvgIpc) is 2.18. The summed E-state index contributed by atoms with van der Waals surface area (Å²) in [5, 5.41) is 12.5. The van der Waals surface area contributed by atoms with Crippen molar-refractivity contribution in [2.45, 2.75) is 26.0 Å². The maximum Gasteiger partial charge on any atom is 0.312 e. The molecule has 0 radical (unpaired) electrons. The monoisotopic (exact) mass is 193 g/mol. The Morgan fingerprint density at radius 3 is 2.86 bits per heavy atom. The first kappa shape index (κ1) is 10.9. The minimum Gasteiger partial charge on any atom is -0.389 e. The van der Waals surface area contributed by atoms with Crippen LogP contribution in [0.2, 0.25) is 0 Å². The standard InChI is InChI=1S/C10H15N3O/c1-3-12-10-6-8(7(2)14)4-5-9(10)13-11/h4-7,10,12,14H,3H2,1-2H3. The largest absolute Gasteiger partial charge is 0.389 e. The van der Waals surface area contributed by atoms with Crippen LogP contribution in [0.5, 0.6) is 0 Å². The fourth-order valence-corrected chi connectivity index (χ4v) is 1.38. The predicted molar refractivity (Wildman–Crippen MR) is 55.0 cm³/mol. The molecule has 1 aliphatic carbocycles. The van der Waals surface area contributed by atoms with E-state index in [1.54, 1.807) is 19.1 Å². The lowest BCUT2D eigenvalue weighted by atomic mass is 9.98. The van der Waals surface area contributed by atoms with Gasteiger partial charge in [0.15, 0.2) is 0 Å². The van der Waals surface area contributed by atoms with Crippen LogP contribution in [0.15, 0.2) is 23.8 Å². The molecule has 0 saturated heterocycles. The second-order valence-corrected chi connectivity index (χ2v) is 3.24. The molecular formula is C10H15N3O. The molecule has 2 N–H and O–H groups in total. The Balaban J connectivity index is 2.88. The van der Waals surface area contributed by atoms with Gasteiger partial charge in [-0.15, -0.1) is 0 Å². The quantitative estimate of drug-likeness (QED) is 0.506. The first-order valence-corrected chi connectivity index (χ1v) is 4.72. The number of likely N-dealkylation sites (N-methyl/N-ethyl adjacent to an activating group) is 1. The van der Waals surface area contributed by atoms with E-state index in [2.05, 4.69) is 10.1 Å². The molecule has 1 rings (SSSR count). The molecule has 0 amide bonds. The fourth-order valence-electron chi connectivity index (χ4n) is 1.38. The van der Waals surface area contributed by atoms with E-state index in [-0.39, 0.29) is 6.04 Å². The summed E-state index contributed by atoms with van der Waals surface area (Å²) in [5.74, 6) is 0. The first-order valence-electron chi connectivity index (χ1n) is 4.72. The third-order valence-corrected chi connectivity index (χ3v) is 2.15. The smallest absolute Gasteiger partial charge is 0.312 e. The molecule has 0 heterocycles. The highest BCUT2D eigenvalue weighted by molar-refractivity contribution is 5.98. The van der Waals surface area contributed by atoms with Crippen molar-refractivity contribution in [3.63, 3.8) is 0 Å². The third kappa shape index (κ3) is 2.39. The molecule has 14 heavy (non-hydrogen) atoms. The van der Waals surface area contributed by atoms with Gasteiger partial charge < -0.3 is 16.0 Å². The normalized spacial score (nSPS) is 22.9. The van der Waals surface area contributed by atoms with Crippen LogP contribution in [-0.4, -0.2) is 34.3 Å². The van der Waals surface area contributed by atoms with Gasteiger partial charge >= 0.3 is 5.71 Å². The highest BCUT2D eigenvalue weighted by Crippen LogP contribution is 2.11. The zero-order valence-electron chi connectivity index (χ0n) is 8.44. The molecule has 0 aromatic heterocycles. The number of nitrogens with zero attached hydrogens (tertiary/aromatic N) is 2. The van der Waals surface area contributed by atoms with Crippen molar-refractivity contribution in [3.05, 3.63) is 29.3 Å². The molecule has 0 bridgehead atoms. The van der Waals surface area contributed by atoms with Gasteiger partial charge in [-0.3, -0.25) is 0 Å². The number of aliphatic hydroxyl groups is 1. The molecular weight excluding hydrogens is 178 g/mol.